The Morgan fingerprint density at radius 1 is 1.14 bits per heavy atom. The molecule has 0 bridgehead atoms. The first kappa shape index (κ1) is 18.4. The number of hydrogen-bond donors (Lipinski definition) is 0. The van der Waals surface area contributed by atoms with Crippen molar-refractivity contribution in [3.63, 3.8) is 0 Å². The summed E-state index contributed by atoms with van der Waals surface area (Å²) in [6.45, 7) is 2.15. The van der Waals surface area contributed by atoms with Crippen molar-refractivity contribution in [2.75, 3.05) is 13.6 Å². The lowest BCUT2D eigenvalue weighted by atomic mass is 10.0. The molecule has 2 aromatic heterocycles. The van der Waals surface area contributed by atoms with Crippen molar-refractivity contribution in [1.82, 2.24) is 19.7 Å². The van der Waals surface area contributed by atoms with Crippen LogP contribution in [0.5, 0.6) is 0 Å². The van der Waals surface area contributed by atoms with Crippen LogP contribution in [0.15, 0.2) is 54.9 Å². The molecule has 5 nitrogen and oxygen atoms in total. The fourth-order valence-electron chi connectivity index (χ4n) is 3.98. The largest absolute Gasteiger partial charge is 0.303 e. The number of nitriles is 1. The molecule has 3 aromatic rings. The van der Waals surface area contributed by atoms with E-state index < -0.39 is 0 Å². The SMILES string of the molecule is CN1CCCC[C@H]1CCn1ccc(-c2cccc(-c3ncccc3C#N)c2)n1. The molecule has 1 aromatic carbocycles. The van der Waals surface area contributed by atoms with Gasteiger partial charge in [0.05, 0.1) is 17.0 Å². The van der Waals surface area contributed by atoms with E-state index >= 15 is 0 Å². The molecule has 1 aliphatic heterocycles. The van der Waals surface area contributed by atoms with E-state index in [0.29, 0.717) is 17.3 Å². The number of aryl methyl sites for hydroxylation is 1. The van der Waals surface area contributed by atoms with Gasteiger partial charge < -0.3 is 4.90 Å². The number of aromatic nitrogens is 3. The van der Waals surface area contributed by atoms with Crippen LogP contribution >= 0.6 is 0 Å². The van der Waals surface area contributed by atoms with Crippen LogP contribution in [0.25, 0.3) is 22.5 Å². The molecule has 0 spiro atoms. The van der Waals surface area contributed by atoms with E-state index in [9.17, 15) is 5.26 Å². The number of benzene rings is 1. The van der Waals surface area contributed by atoms with Gasteiger partial charge in [-0.2, -0.15) is 10.4 Å². The van der Waals surface area contributed by atoms with Crippen LogP contribution in [0.3, 0.4) is 0 Å². The summed E-state index contributed by atoms with van der Waals surface area (Å²) < 4.78 is 2.05. The lowest BCUT2D eigenvalue weighted by molar-refractivity contribution is 0.169. The Kier molecular flexibility index (Phi) is 5.50. The molecule has 142 valence electrons. The van der Waals surface area contributed by atoms with Crippen molar-refractivity contribution >= 4 is 0 Å². The fourth-order valence-corrected chi connectivity index (χ4v) is 3.98. The second-order valence-electron chi connectivity index (χ2n) is 7.48. The van der Waals surface area contributed by atoms with Crippen LogP contribution in [0.4, 0.5) is 0 Å². The number of hydrogen-bond acceptors (Lipinski definition) is 4. The molecule has 0 amide bonds. The summed E-state index contributed by atoms with van der Waals surface area (Å²) in [5, 5.41) is 14.1. The van der Waals surface area contributed by atoms with Crippen molar-refractivity contribution in [1.29, 1.82) is 5.26 Å². The molecular formula is C23H25N5. The zero-order valence-corrected chi connectivity index (χ0v) is 16.3. The van der Waals surface area contributed by atoms with Crippen molar-refractivity contribution in [2.45, 2.75) is 38.3 Å². The topological polar surface area (TPSA) is 57.7 Å². The molecule has 3 heterocycles. The molecular weight excluding hydrogens is 346 g/mol. The quantitative estimate of drug-likeness (QED) is 0.669. The molecule has 4 rings (SSSR count). The highest BCUT2D eigenvalue weighted by molar-refractivity contribution is 5.72. The van der Waals surface area contributed by atoms with Crippen LogP contribution in [-0.2, 0) is 6.54 Å². The zero-order chi connectivity index (χ0) is 19.3. The monoisotopic (exact) mass is 371 g/mol. The van der Waals surface area contributed by atoms with Gasteiger partial charge in [-0.25, -0.2) is 0 Å². The van der Waals surface area contributed by atoms with E-state index in [1.165, 1.54) is 25.8 Å². The summed E-state index contributed by atoms with van der Waals surface area (Å²) in [6.07, 6.45) is 8.87. The maximum Gasteiger partial charge on any atom is 0.101 e. The van der Waals surface area contributed by atoms with Gasteiger partial charge in [0, 0.05) is 36.1 Å². The van der Waals surface area contributed by atoms with E-state index in [-0.39, 0.29) is 0 Å². The Morgan fingerprint density at radius 2 is 2.04 bits per heavy atom. The summed E-state index contributed by atoms with van der Waals surface area (Å²) in [7, 11) is 2.23. The Bertz CT molecular complexity index is 984. The molecule has 0 aliphatic carbocycles. The Hall–Kier alpha value is -2.97. The molecule has 0 unspecified atom stereocenters. The van der Waals surface area contributed by atoms with Gasteiger partial charge in [0.25, 0.3) is 0 Å². The van der Waals surface area contributed by atoms with Gasteiger partial charge in [-0.05, 0) is 57.1 Å². The summed E-state index contributed by atoms with van der Waals surface area (Å²) >= 11 is 0. The highest BCUT2D eigenvalue weighted by Gasteiger charge is 2.18. The van der Waals surface area contributed by atoms with E-state index in [1.807, 2.05) is 16.8 Å². The van der Waals surface area contributed by atoms with Crippen molar-refractivity contribution in [2.24, 2.45) is 0 Å². The molecule has 0 saturated carbocycles. The van der Waals surface area contributed by atoms with Crippen LogP contribution < -0.4 is 0 Å². The van der Waals surface area contributed by atoms with Crippen molar-refractivity contribution < 1.29 is 0 Å². The van der Waals surface area contributed by atoms with Gasteiger partial charge >= 0.3 is 0 Å². The summed E-state index contributed by atoms with van der Waals surface area (Å²) in [5.74, 6) is 0. The number of nitrogens with zero attached hydrogens (tertiary/aromatic N) is 5. The first-order chi connectivity index (χ1) is 13.7. The smallest absolute Gasteiger partial charge is 0.101 e. The predicted molar refractivity (Wildman–Crippen MR) is 110 cm³/mol. The van der Waals surface area contributed by atoms with E-state index in [0.717, 1.165) is 29.8 Å². The zero-order valence-electron chi connectivity index (χ0n) is 16.3. The van der Waals surface area contributed by atoms with Crippen LogP contribution in [-0.4, -0.2) is 39.3 Å². The average Bonchev–Trinajstić information content (AvgIpc) is 3.22. The third-order valence-corrected chi connectivity index (χ3v) is 5.61. The molecule has 1 fully saturated rings. The highest BCUT2D eigenvalue weighted by atomic mass is 15.3. The maximum absolute atomic E-state index is 9.35. The molecule has 1 atom stereocenters. The molecule has 0 radical (unpaired) electrons. The van der Waals surface area contributed by atoms with E-state index in [4.69, 9.17) is 5.10 Å². The second kappa shape index (κ2) is 8.37. The first-order valence-electron chi connectivity index (χ1n) is 9.94. The number of piperidine rings is 1. The Morgan fingerprint density at radius 3 is 2.89 bits per heavy atom. The average molecular weight is 371 g/mol. The molecule has 28 heavy (non-hydrogen) atoms. The maximum atomic E-state index is 9.35. The van der Waals surface area contributed by atoms with E-state index in [1.54, 1.807) is 18.3 Å². The minimum absolute atomic E-state index is 0.585. The Balaban J connectivity index is 1.50. The third kappa shape index (κ3) is 3.97. The van der Waals surface area contributed by atoms with Gasteiger partial charge in [0.15, 0.2) is 0 Å². The van der Waals surface area contributed by atoms with Gasteiger partial charge in [-0.1, -0.05) is 24.6 Å². The predicted octanol–water partition coefficient (Wildman–Crippen LogP) is 4.36. The van der Waals surface area contributed by atoms with E-state index in [2.05, 4.69) is 47.4 Å². The minimum Gasteiger partial charge on any atom is -0.303 e. The summed E-state index contributed by atoms with van der Waals surface area (Å²) in [6, 6.07) is 16.6. The Labute approximate surface area is 166 Å². The second-order valence-corrected chi connectivity index (χ2v) is 7.48. The lowest BCUT2D eigenvalue weighted by Crippen LogP contribution is -2.36. The minimum atomic E-state index is 0.585. The van der Waals surface area contributed by atoms with Crippen LogP contribution in [0, 0.1) is 11.3 Å². The summed E-state index contributed by atoms with van der Waals surface area (Å²) in [5.41, 5.74) is 4.23. The third-order valence-electron chi connectivity index (χ3n) is 5.61. The van der Waals surface area contributed by atoms with Gasteiger partial charge in [0.1, 0.15) is 6.07 Å². The van der Waals surface area contributed by atoms with Crippen LogP contribution in [0.1, 0.15) is 31.2 Å². The number of rotatable bonds is 5. The molecule has 5 heteroatoms. The van der Waals surface area contributed by atoms with Gasteiger partial charge in [0.2, 0.25) is 0 Å². The fraction of sp³-hybridized carbons (Fsp3) is 0.348. The normalized spacial score (nSPS) is 17.4. The van der Waals surface area contributed by atoms with Gasteiger partial charge in [-0.3, -0.25) is 9.67 Å². The van der Waals surface area contributed by atoms with Crippen molar-refractivity contribution in [3.8, 4) is 28.6 Å². The lowest BCUT2D eigenvalue weighted by Gasteiger charge is -2.32. The standard InChI is InChI=1S/C23H25N5/c1-27-13-3-2-9-21(27)10-14-28-15-11-22(26-28)18-6-4-7-19(16-18)23-20(17-24)8-5-12-25-23/h4-8,11-12,15-16,21H,2-3,9-10,13-14H2,1H3/t21-/m0/s1. The number of likely N-dealkylation sites (tertiary alicyclic amines) is 1. The first-order valence-corrected chi connectivity index (χ1v) is 9.94. The molecule has 0 N–H and O–H groups in total. The van der Waals surface area contributed by atoms with Crippen LogP contribution in [0.2, 0.25) is 0 Å². The highest BCUT2D eigenvalue weighted by Crippen LogP contribution is 2.26. The number of pyridine rings is 1. The molecule has 1 aliphatic rings. The summed E-state index contributed by atoms with van der Waals surface area (Å²) in [4.78, 5) is 6.88. The van der Waals surface area contributed by atoms with Gasteiger partial charge in [-0.15, -0.1) is 0 Å². The van der Waals surface area contributed by atoms with Crippen molar-refractivity contribution in [3.05, 3.63) is 60.4 Å². The molecule has 1 saturated heterocycles.